The van der Waals surface area contributed by atoms with Crippen LogP contribution < -0.4 is 10.6 Å². The number of rotatable bonds is 3. The minimum absolute atomic E-state index is 0.141. The van der Waals surface area contributed by atoms with Crippen LogP contribution in [0, 0.1) is 0 Å². The Morgan fingerprint density at radius 3 is 2.52 bits per heavy atom. The highest BCUT2D eigenvalue weighted by molar-refractivity contribution is 6.40. The van der Waals surface area contributed by atoms with Crippen molar-refractivity contribution in [3.05, 3.63) is 64.8 Å². The van der Waals surface area contributed by atoms with Crippen LogP contribution in [0.5, 0.6) is 0 Å². The summed E-state index contributed by atoms with van der Waals surface area (Å²) in [5.74, 6) is -1.81. The number of nitrogens with one attached hydrogen (secondary N) is 3. The number of hydrogen-bond acceptors (Lipinski definition) is 2. The molecule has 3 rings (SSSR count). The molecule has 0 aliphatic heterocycles. The number of anilines is 1. The van der Waals surface area contributed by atoms with Gasteiger partial charge in [-0.25, -0.2) is 0 Å². The Bertz CT molecular complexity index is 1010. The minimum Gasteiger partial charge on any atom is -0.359 e. The third-order valence-corrected chi connectivity index (χ3v) is 4.15. The van der Waals surface area contributed by atoms with Crippen LogP contribution in [0.25, 0.3) is 10.9 Å². The molecule has 0 aliphatic rings. The largest absolute Gasteiger partial charge is 0.417 e. The molecule has 0 atom stereocenters. The molecule has 0 saturated heterocycles. The van der Waals surface area contributed by atoms with Crippen LogP contribution in [0.15, 0.2) is 48.7 Å². The first-order chi connectivity index (χ1) is 12.8. The van der Waals surface area contributed by atoms with E-state index in [0.717, 1.165) is 23.0 Å². The van der Waals surface area contributed by atoms with Gasteiger partial charge in [0.2, 0.25) is 0 Å². The maximum Gasteiger partial charge on any atom is 0.417 e. The number of aromatic amines is 1. The quantitative estimate of drug-likeness (QED) is 0.584. The van der Waals surface area contributed by atoms with E-state index in [-0.39, 0.29) is 6.54 Å². The Morgan fingerprint density at radius 1 is 1.07 bits per heavy atom. The highest BCUT2D eigenvalue weighted by Gasteiger charge is 2.33. The molecule has 3 aromatic rings. The second-order valence-corrected chi connectivity index (χ2v) is 6.10. The molecule has 0 saturated carbocycles. The SMILES string of the molecule is O=C(NCc1ccc(C(F)(F)F)c(Cl)c1)C(=O)Nc1c[nH]c2ccccc12. The van der Waals surface area contributed by atoms with Gasteiger partial charge in [-0.1, -0.05) is 35.9 Å². The van der Waals surface area contributed by atoms with Gasteiger partial charge in [-0.15, -0.1) is 0 Å². The van der Waals surface area contributed by atoms with Crippen molar-refractivity contribution in [3.8, 4) is 0 Å². The Morgan fingerprint density at radius 2 is 1.81 bits per heavy atom. The second kappa shape index (κ2) is 7.32. The average molecular weight is 396 g/mol. The van der Waals surface area contributed by atoms with Crippen LogP contribution in [0.3, 0.4) is 0 Å². The molecule has 2 amide bonds. The van der Waals surface area contributed by atoms with Crippen molar-refractivity contribution in [1.29, 1.82) is 0 Å². The average Bonchev–Trinajstić information content (AvgIpc) is 3.01. The number of benzene rings is 2. The molecule has 0 fully saturated rings. The van der Waals surface area contributed by atoms with E-state index in [1.165, 1.54) is 6.07 Å². The lowest BCUT2D eigenvalue weighted by molar-refractivity contribution is -0.137. The number of fused-ring (bicyclic) bond motifs is 1. The Hall–Kier alpha value is -3.00. The Balaban J connectivity index is 1.62. The molecule has 140 valence electrons. The predicted molar refractivity (Wildman–Crippen MR) is 95.2 cm³/mol. The van der Waals surface area contributed by atoms with Crippen molar-refractivity contribution < 1.29 is 22.8 Å². The molecule has 0 aliphatic carbocycles. The summed E-state index contributed by atoms with van der Waals surface area (Å²) < 4.78 is 38.0. The highest BCUT2D eigenvalue weighted by Crippen LogP contribution is 2.34. The Kier molecular flexibility index (Phi) is 5.09. The van der Waals surface area contributed by atoms with Gasteiger partial charge in [-0.05, 0) is 23.8 Å². The van der Waals surface area contributed by atoms with E-state index in [9.17, 15) is 22.8 Å². The minimum atomic E-state index is -4.56. The van der Waals surface area contributed by atoms with Gasteiger partial charge in [0.05, 0.1) is 16.3 Å². The zero-order valence-electron chi connectivity index (χ0n) is 13.7. The van der Waals surface area contributed by atoms with Crippen molar-refractivity contribution in [2.45, 2.75) is 12.7 Å². The van der Waals surface area contributed by atoms with Crippen LogP contribution in [0.1, 0.15) is 11.1 Å². The van der Waals surface area contributed by atoms with E-state index in [1.807, 2.05) is 12.1 Å². The van der Waals surface area contributed by atoms with E-state index in [1.54, 1.807) is 18.3 Å². The van der Waals surface area contributed by atoms with Gasteiger partial charge in [0.1, 0.15) is 0 Å². The molecule has 0 bridgehead atoms. The maximum absolute atomic E-state index is 12.7. The standard InChI is InChI=1S/C18H13ClF3N3O2/c19-13-7-10(5-6-12(13)18(20,21)22)8-24-16(26)17(27)25-15-9-23-14-4-2-1-3-11(14)15/h1-7,9,23H,8H2,(H,24,26)(H,25,27). The molecule has 2 aromatic carbocycles. The molecular formula is C18H13ClF3N3O2. The summed E-state index contributed by atoms with van der Waals surface area (Å²) in [4.78, 5) is 26.9. The monoisotopic (exact) mass is 395 g/mol. The summed E-state index contributed by atoms with van der Waals surface area (Å²) in [5.41, 5.74) is 0.619. The molecule has 3 N–H and O–H groups in total. The molecule has 0 radical (unpaired) electrons. The van der Waals surface area contributed by atoms with Gasteiger partial charge in [-0.2, -0.15) is 13.2 Å². The summed E-state index contributed by atoms with van der Waals surface area (Å²) in [6.07, 6.45) is -3.00. The number of aromatic nitrogens is 1. The number of amides is 2. The molecule has 1 heterocycles. The number of alkyl halides is 3. The van der Waals surface area contributed by atoms with Crippen LogP contribution in [-0.2, 0) is 22.3 Å². The summed E-state index contributed by atoms with van der Waals surface area (Å²) in [7, 11) is 0. The van der Waals surface area contributed by atoms with Crippen molar-refractivity contribution in [1.82, 2.24) is 10.3 Å². The van der Waals surface area contributed by atoms with Crippen LogP contribution in [0.2, 0.25) is 5.02 Å². The normalized spacial score (nSPS) is 11.4. The zero-order chi connectivity index (χ0) is 19.6. The van der Waals surface area contributed by atoms with Gasteiger partial charge in [0.25, 0.3) is 0 Å². The lowest BCUT2D eigenvalue weighted by Gasteiger charge is -2.11. The summed E-state index contributed by atoms with van der Waals surface area (Å²) >= 11 is 5.63. The van der Waals surface area contributed by atoms with Crippen molar-refractivity contribution in [2.24, 2.45) is 0 Å². The third kappa shape index (κ3) is 4.22. The Labute approximate surface area is 156 Å². The fourth-order valence-corrected chi connectivity index (χ4v) is 2.83. The summed E-state index contributed by atoms with van der Waals surface area (Å²) in [6, 6.07) is 10.3. The zero-order valence-corrected chi connectivity index (χ0v) is 14.4. The van der Waals surface area contributed by atoms with E-state index in [0.29, 0.717) is 11.3 Å². The number of carbonyl (C=O) groups excluding carboxylic acids is 2. The predicted octanol–water partition coefficient (Wildman–Crippen LogP) is 4.10. The lowest BCUT2D eigenvalue weighted by atomic mass is 10.1. The van der Waals surface area contributed by atoms with Gasteiger partial charge < -0.3 is 15.6 Å². The first-order valence-electron chi connectivity index (χ1n) is 7.76. The molecule has 0 unspecified atom stereocenters. The molecule has 27 heavy (non-hydrogen) atoms. The van der Waals surface area contributed by atoms with E-state index < -0.39 is 28.6 Å². The number of H-pyrrole nitrogens is 1. The number of carbonyl (C=O) groups is 2. The first kappa shape index (κ1) is 18.8. The molecular weight excluding hydrogens is 383 g/mol. The van der Waals surface area contributed by atoms with Gasteiger partial charge in [-0.3, -0.25) is 9.59 Å². The van der Waals surface area contributed by atoms with Crippen LogP contribution >= 0.6 is 11.6 Å². The fourth-order valence-electron chi connectivity index (χ4n) is 2.52. The number of para-hydroxylation sites is 1. The van der Waals surface area contributed by atoms with E-state index in [4.69, 9.17) is 11.6 Å². The maximum atomic E-state index is 12.7. The summed E-state index contributed by atoms with van der Waals surface area (Å²) in [5, 5.41) is 5.10. The smallest absolute Gasteiger partial charge is 0.359 e. The van der Waals surface area contributed by atoms with Crippen molar-refractivity contribution in [3.63, 3.8) is 0 Å². The van der Waals surface area contributed by atoms with E-state index >= 15 is 0 Å². The fraction of sp³-hybridized carbons (Fsp3) is 0.111. The lowest BCUT2D eigenvalue weighted by Crippen LogP contribution is -2.34. The molecule has 5 nitrogen and oxygen atoms in total. The highest BCUT2D eigenvalue weighted by atomic mass is 35.5. The van der Waals surface area contributed by atoms with Gasteiger partial charge >= 0.3 is 18.0 Å². The topological polar surface area (TPSA) is 74.0 Å². The number of halogens is 4. The number of hydrogen-bond donors (Lipinski definition) is 3. The third-order valence-electron chi connectivity index (χ3n) is 3.84. The van der Waals surface area contributed by atoms with Gasteiger partial charge in [0.15, 0.2) is 0 Å². The van der Waals surface area contributed by atoms with Gasteiger partial charge in [0, 0.05) is 23.6 Å². The first-order valence-corrected chi connectivity index (χ1v) is 8.14. The summed E-state index contributed by atoms with van der Waals surface area (Å²) in [6.45, 7) is -0.141. The van der Waals surface area contributed by atoms with Crippen molar-refractivity contribution in [2.75, 3.05) is 5.32 Å². The van der Waals surface area contributed by atoms with Crippen LogP contribution in [-0.4, -0.2) is 16.8 Å². The van der Waals surface area contributed by atoms with E-state index in [2.05, 4.69) is 15.6 Å². The molecule has 9 heteroatoms. The molecule has 1 aromatic heterocycles. The van der Waals surface area contributed by atoms with Crippen LogP contribution in [0.4, 0.5) is 18.9 Å². The second-order valence-electron chi connectivity index (χ2n) is 5.70. The molecule has 0 spiro atoms. The van der Waals surface area contributed by atoms with Crippen molar-refractivity contribution >= 4 is 40.0 Å².